The molecule has 1 heterocycles. The third-order valence-corrected chi connectivity index (χ3v) is 2.80. The molecule has 0 saturated carbocycles. The Morgan fingerprint density at radius 2 is 2.17 bits per heavy atom. The molecule has 0 radical (unpaired) electrons. The molecule has 0 spiro atoms. The summed E-state index contributed by atoms with van der Waals surface area (Å²) in [6, 6.07) is 5.78. The van der Waals surface area contributed by atoms with E-state index in [4.69, 9.17) is 5.11 Å². The van der Waals surface area contributed by atoms with Gasteiger partial charge in [-0.3, -0.25) is 0 Å². The summed E-state index contributed by atoms with van der Waals surface area (Å²) in [5, 5.41) is 9.92. The van der Waals surface area contributed by atoms with Gasteiger partial charge in [0, 0.05) is 24.1 Å². The molecule has 1 aromatic carbocycles. The summed E-state index contributed by atoms with van der Waals surface area (Å²) < 4.78 is 1.82. The summed E-state index contributed by atoms with van der Waals surface area (Å²) in [5.74, 6) is -0.901. The van der Waals surface area contributed by atoms with E-state index < -0.39 is 5.97 Å². The first-order valence-corrected chi connectivity index (χ1v) is 5.65. The van der Waals surface area contributed by atoms with Crippen molar-refractivity contribution in [3.05, 3.63) is 53.8 Å². The number of carbonyl (C=O) groups is 1. The summed E-state index contributed by atoms with van der Waals surface area (Å²) in [5.41, 5.74) is 3.18. The van der Waals surface area contributed by atoms with E-state index in [1.807, 2.05) is 48.9 Å². The van der Waals surface area contributed by atoms with Gasteiger partial charge in [0.15, 0.2) is 0 Å². The largest absolute Gasteiger partial charge is 0.478 e. The molecule has 3 heteroatoms. The van der Waals surface area contributed by atoms with Gasteiger partial charge in [-0.15, -0.1) is 0 Å². The normalized spacial score (nSPS) is 11.2. The maximum Gasteiger partial charge on any atom is 0.337 e. The van der Waals surface area contributed by atoms with Gasteiger partial charge >= 0.3 is 5.97 Å². The zero-order valence-corrected chi connectivity index (χ0v) is 10.5. The van der Waals surface area contributed by atoms with Crippen LogP contribution in [-0.4, -0.2) is 15.6 Å². The van der Waals surface area contributed by atoms with E-state index in [0.29, 0.717) is 5.56 Å². The SMILES string of the molecule is C=C(C)/C=C/c1ccc2c(c1)c(C(=O)O)cn2C. The summed E-state index contributed by atoms with van der Waals surface area (Å²) in [6.07, 6.45) is 5.48. The van der Waals surface area contributed by atoms with E-state index in [-0.39, 0.29) is 0 Å². The number of nitrogens with zero attached hydrogens (tertiary/aromatic N) is 1. The molecule has 1 aromatic heterocycles. The zero-order chi connectivity index (χ0) is 13.3. The van der Waals surface area contributed by atoms with E-state index >= 15 is 0 Å². The molecule has 18 heavy (non-hydrogen) atoms. The minimum absolute atomic E-state index is 0.332. The molecule has 3 nitrogen and oxygen atoms in total. The molecule has 0 unspecified atom stereocenters. The molecule has 0 aliphatic rings. The number of aryl methyl sites for hydroxylation is 1. The molecular formula is C15H15NO2. The van der Waals surface area contributed by atoms with Crippen molar-refractivity contribution in [2.45, 2.75) is 6.92 Å². The maximum absolute atomic E-state index is 11.2. The fourth-order valence-electron chi connectivity index (χ4n) is 1.92. The van der Waals surface area contributed by atoms with Gasteiger partial charge < -0.3 is 9.67 Å². The Hall–Kier alpha value is -2.29. The van der Waals surface area contributed by atoms with Gasteiger partial charge in [0.05, 0.1) is 5.56 Å². The number of aromatic nitrogens is 1. The average molecular weight is 241 g/mol. The van der Waals surface area contributed by atoms with Crippen LogP contribution in [0, 0.1) is 0 Å². The van der Waals surface area contributed by atoms with Crippen molar-refractivity contribution in [2.75, 3.05) is 0 Å². The summed E-state index contributed by atoms with van der Waals surface area (Å²) >= 11 is 0. The Morgan fingerprint density at radius 1 is 1.44 bits per heavy atom. The van der Waals surface area contributed by atoms with Gasteiger partial charge in [-0.25, -0.2) is 4.79 Å². The smallest absolute Gasteiger partial charge is 0.337 e. The number of carboxylic acid groups (broad SMARTS) is 1. The molecule has 92 valence electrons. The second-order valence-electron chi connectivity index (χ2n) is 4.42. The van der Waals surface area contributed by atoms with Gasteiger partial charge in [-0.05, 0) is 24.6 Å². The Bertz CT molecular complexity index is 662. The van der Waals surface area contributed by atoms with Crippen LogP contribution in [0.5, 0.6) is 0 Å². The lowest BCUT2D eigenvalue weighted by Gasteiger charge is -1.98. The van der Waals surface area contributed by atoms with Crippen molar-refractivity contribution in [1.82, 2.24) is 4.57 Å². The fraction of sp³-hybridized carbons (Fsp3) is 0.133. The van der Waals surface area contributed by atoms with E-state index in [2.05, 4.69) is 6.58 Å². The Morgan fingerprint density at radius 3 is 2.78 bits per heavy atom. The third-order valence-electron chi connectivity index (χ3n) is 2.80. The number of fused-ring (bicyclic) bond motifs is 1. The third kappa shape index (κ3) is 2.20. The molecule has 0 aliphatic heterocycles. The minimum Gasteiger partial charge on any atom is -0.478 e. The summed E-state index contributed by atoms with van der Waals surface area (Å²) in [7, 11) is 1.85. The highest BCUT2D eigenvalue weighted by atomic mass is 16.4. The Kier molecular flexibility index (Phi) is 3.06. The maximum atomic E-state index is 11.2. The van der Waals surface area contributed by atoms with Crippen LogP contribution in [0.4, 0.5) is 0 Å². The van der Waals surface area contributed by atoms with Gasteiger partial charge in [0.2, 0.25) is 0 Å². The molecule has 2 aromatic rings. The van der Waals surface area contributed by atoms with E-state index in [0.717, 1.165) is 22.0 Å². The molecule has 1 N–H and O–H groups in total. The zero-order valence-electron chi connectivity index (χ0n) is 10.5. The summed E-state index contributed by atoms with van der Waals surface area (Å²) in [6.45, 7) is 5.71. The molecule has 0 aliphatic carbocycles. The lowest BCUT2D eigenvalue weighted by molar-refractivity contribution is 0.0699. The molecule has 0 amide bonds. The van der Waals surface area contributed by atoms with Crippen LogP contribution in [0.3, 0.4) is 0 Å². The number of allylic oxidation sites excluding steroid dienone is 2. The van der Waals surface area contributed by atoms with Crippen molar-refractivity contribution in [1.29, 1.82) is 0 Å². The number of aromatic carboxylic acids is 1. The summed E-state index contributed by atoms with van der Waals surface area (Å²) in [4.78, 5) is 11.2. The average Bonchev–Trinajstić information content (AvgIpc) is 2.64. The van der Waals surface area contributed by atoms with Gasteiger partial charge in [0.1, 0.15) is 0 Å². The fourth-order valence-corrected chi connectivity index (χ4v) is 1.92. The number of hydrogen-bond donors (Lipinski definition) is 1. The van der Waals surface area contributed by atoms with Crippen molar-refractivity contribution >= 4 is 22.9 Å². The Balaban J connectivity index is 2.59. The van der Waals surface area contributed by atoms with Crippen LogP contribution < -0.4 is 0 Å². The standard InChI is InChI=1S/C15H15NO2/c1-10(2)4-5-11-6-7-14-12(8-11)13(15(17)18)9-16(14)3/h4-9H,1H2,2-3H3,(H,17,18)/b5-4+. The first-order valence-electron chi connectivity index (χ1n) is 5.65. The highest BCUT2D eigenvalue weighted by Gasteiger charge is 2.12. The van der Waals surface area contributed by atoms with Crippen LogP contribution in [0.25, 0.3) is 17.0 Å². The molecule has 2 rings (SSSR count). The number of benzene rings is 1. The number of rotatable bonds is 3. The van der Waals surface area contributed by atoms with Crippen molar-refractivity contribution in [3.8, 4) is 0 Å². The molecule has 0 saturated heterocycles. The molecular weight excluding hydrogens is 226 g/mol. The highest BCUT2D eigenvalue weighted by molar-refractivity contribution is 6.04. The lowest BCUT2D eigenvalue weighted by atomic mass is 10.1. The second kappa shape index (κ2) is 4.53. The number of hydrogen-bond acceptors (Lipinski definition) is 1. The topological polar surface area (TPSA) is 42.2 Å². The van der Waals surface area contributed by atoms with Crippen molar-refractivity contribution < 1.29 is 9.90 Å². The predicted molar refractivity (Wildman–Crippen MR) is 73.7 cm³/mol. The lowest BCUT2D eigenvalue weighted by Crippen LogP contribution is -1.93. The van der Waals surface area contributed by atoms with Crippen LogP contribution >= 0.6 is 0 Å². The van der Waals surface area contributed by atoms with Crippen molar-refractivity contribution in [3.63, 3.8) is 0 Å². The minimum atomic E-state index is -0.901. The molecule has 0 fully saturated rings. The van der Waals surface area contributed by atoms with Crippen LogP contribution in [0.1, 0.15) is 22.8 Å². The second-order valence-corrected chi connectivity index (χ2v) is 4.42. The van der Waals surface area contributed by atoms with Gasteiger partial charge in [0.25, 0.3) is 0 Å². The van der Waals surface area contributed by atoms with Crippen LogP contribution in [-0.2, 0) is 7.05 Å². The first-order chi connectivity index (χ1) is 8.49. The predicted octanol–water partition coefficient (Wildman–Crippen LogP) is 3.47. The quantitative estimate of drug-likeness (QED) is 0.836. The van der Waals surface area contributed by atoms with E-state index in [9.17, 15) is 4.79 Å². The van der Waals surface area contributed by atoms with E-state index in [1.165, 1.54) is 0 Å². The van der Waals surface area contributed by atoms with Crippen LogP contribution in [0.2, 0.25) is 0 Å². The number of carboxylic acids is 1. The monoisotopic (exact) mass is 241 g/mol. The molecule has 0 atom stereocenters. The van der Waals surface area contributed by atoms with Gasteiger partial charge in [-0.1, -0.05) is 30.4 Å². The van der Waals surface area contributed by atoms with Gasteiger partial charge in [-0.2, -0.15) is 0 Å². The van der Waals surface area contributed by atoms with Crippen LogP contribution in [0.15, 0.2) is 42.6 Å². The first kappa shape index (κ1) is 12.2. The molecule has 0 bridgehead atoms. The Labute approximate surface area is 106 Å². The highest BCUT2D eigenvalue weighted by Crippen LogP contribution is 2.23. The van der Waals surface area contributed by atoms with Crippen molar-refractivity contribution in [2.24, 2.45) is 7.05 Å². The van der Waals surface area contributed by atoms with E-state index in [1.54, 1.807) is 6.20 Å².